The summed E-state index contributed by atoms with van der Waals surface area (Å²) < 4.78 is 0. The van der Waals surface area contributed by atoms with Gasteiger partial charge < -0.3 is 10.6 Å². The van der Waals surface area contributed by atoms with E-state index in [1.807, 2.05) is 35.7 Å². The van der Waals surface area contributed by atoms with E-state index in [0.717, 1.165) is 9.77 Å². The van der Waals surface area contributed by atoms with E-state index in [4.69, 9.17) is 23.2 Å². The molecule has 0 bridgehead atoms. The molecule has 0 aliphatic rings. The smallest absolute Gasteiger partial charge is 0.272 e. The minimum absolute atomic E-state index is 0.0709. The SMILES string of the molecule is O=C(Nc1ccc(SCC(=O)c2ccc(Cl)c(Cl)c2)cc1)/C(=C/c1cccs1)NC(=O)c1ccccc1. The molecule has 5 nitrogen and oxygen atoms in total. The maximum absolute atomic E-state index is 13.1. The highest BCUT2D eigenvalue weighted by atomic mass is 35.5. The van der Waals surface area contributed by atoms with Crippen molar-refractivity contribution >= 4 is 75.7 Å². The van der Waals surface area contributed by atoms with Crippen molar-refractivity contribution in [1.29, 1.82) is 0 Å². The maximum atomic E-state index is 13.1. The molecule has 1 heterocycles. The molecule has 0 spiro atoms. The van der Waals surface area contributed by atoms with Crippen molar-refractivity contribution in [3.8, 4) is 0 Å². The lowest BCUT2D eigenvalue weighted by atomic mass is 10.1. The number of halogens is 2. The van der Waals surface area contributed by atoms with Crippen LogP contribution < -0.4 is 10.6 Å². The van der Waals surface area contributed by atoms with E-state index in [2.05, 4.69) is 10.6 Å². The molecule has 3 aromatic carbocycles. The normalized spacial score (nSPS) is 11.1. The number of rotatable bonds is 9. The van der Waals surface area contributed by atoms with Crippen LogP contribution in [0.25, 0.3) is 6.08 Å². The number of anilines is 1. The van der Waals surface area contributed by atoms with Crippen molar-refractivity contribution < 1.29 is 14.4 Å². The average Bonchev–Trinajstić information content (AvgIpc) is 3.43. The Bertz CT molecular complexity index is 1440. The summed E-state index contributed by atoms with van der Waals surface area (Å²) in [6, 6.07) is 24.3. The predicted octanol–water partition coefficient (Wildman–Crippen LogP) is 7.44. The third-order valence-corrected chi connectivity index (χ3v) is 7.65. The van der Waals surface area contributed by atoms with Crippen LogP contribution in [-0.2, 0) is 4.79 Å². The van der Waals surface area contributed by atoms with Crippen molar-refractivity contribution in [2.45, 2.75) is 4.90 Å². The summed E-state index contributed by atoms with van der Waals surface area (Å²) in [5.74, 6) is -0.675. The second-order valence-corrected chi connectivity index (χ2v) is 10.6. The van der Waals surface area contributed by atoms with Gasteiger partial charge in [0.2, 0.25) is 0 Å². The Balaban J connectivity index is 1.40. The number of thiophene rings is 1. The highest BCUT2D eigenvalue weighted by Gasteiger charge is 2.15. The molecule has 2 amide bonds. The molecule has 1 aromatic heterocycles. The van der Waals surface area contributed by atoms with Gasteiger partial charge in [-0.2, -0.15) is 0 Å². The number of amides is 2. The van der Waals surface area contributed by atoms with Gasteiger partial charge in [-0.3, -0.25) is 14.4 Å². The number of ketones is 1. The molecule has 0 saturated heterocycles. The predicted molar refractivity (Wildman–Crippen MR) is 153 cm³/mol. The van der Waals surface area contributed by atoms with Crippen LogP contribution in [0.15, 0.2) is 101 Å². The summed E-state index contributed by atoms with van der Waals surface area (Å²) in [5.41, 5.74) is 1.62. The molecule has 0 aliphatic carbocycles. The van der Waals surface area contributed by atoms with Crippen molar-refractivity contribution in [2.75, 3.05) is 11.1 Å². The number of hydrogen-bond donors (Lipinski definition) is 2. The van der Waals surface area contributed by atoms with Crippen molar-refractivity contribution in [3.05, 3.63) is 122 Å². The third kappa shape index (κ3) is 7.57. The van der Waals surface area contributed by atoms with Crippen LogP contribution in [0.3, 0.4) is 0 Å². The minimum atomic E-state index is -0.451. The topological polar surface area (TPSA) is 75.3 Å². The van der Waals surface area contributed by atoms with Gasteiger partial charge in [-0.05, 0) is 72.1 Å². The number of thioether (sulfide) groups is 1. The highest BCUT2D eigenvalue weighted by molar-refractivity contribution is 8.00. The van der Waals surface area contributed by atoms with Crippen molar-refractivity contribution in [2.24, 2.45) is 0 Å². The highest BCUT2D eigenvalue weighted by Crippen LogP contribution is 2.25. The van der Waals surface area contributed by atoms with Crippen LogP contribution >= 0.6 is 46.3 Å². The average molecular weight is 568 g/mol. The van der Waals surface area contributed by atoms with Gasteiger partial charge in [0.25, 0.3) is 11.8 Å². The van der Waals surface area contributed by atoms with Crippen LogP contribution in [0, 0.1) is 0 Å². The number of nitrogens with one attached hydrogen (secondary N) is 2. The first-order chi connectivity index (χ1) is 17.9. The lowest BCUT2D eigenvalue weighted by Crippen LogP contribution is -2.30. The Labute approximate surface area is 232 Å². The first kappa shape index (κ1) is 26.7. The Hall–Kier alpha value is -3.36. The van der Waals surface area contributed by atoms with Crippen LogP contribution in [0.5, 0.6) is 0 Å². The Morgan fingerprint density at radius 3 is 2.27 bits per heavy atom. The quantitative estimate of drug-likeness (QED) is 0.125. The number of Topliss-reactive ketones (excluding diaryl/α,β-unsaturated/α-hetero) is 1. The summed E-state index contributed by atoms with van der Waals surface area (Å²) in [4.78, 5) is 39.9. The zero-order valence-electron chi connectivity index (χ0n) is 19.2. The summed E-state index contributed by atoms with van der Waals surface area (Å²) >= 11 is 14.7. The van der Waals surface area contributed by atoms with Crippen molar-refractivity contribution in [1.82, 2.24) is 5.32 Å². The molecular formula is C28H20Cl2N2O3S2. The monoisotopic (exact) mass is 566 g/mol. The van der Waals surface area contributed by atoms with Gasteiger partial charge in [0.15, 0.2) is 5.78 Å². The van der Waals surface area contributed by atoms with E-state index in [1.54, 1.807) is 60.7 Å². The number of hydrogen-bond acceptors (Lipinski definition) is 5. The zero-order valence-corrected chi connectivity index (χ0v) is 22.4. The first-order valence-corrected chi connectivity index (χ1v) is 13.7. The van der Waals surface area contributed by atoms with Gasteiger partial charge in [0.1, 0.15) is 5.70 Å². The molecule has 0 atom stereocenters. The standard InChI is InChI=1S/C28H20Cl2N2O3S2/c29-23-13-8-19(15-24(23)30)26(33)17-37-21-11-9-20(10-12-21)31-28(35)25(16-22-7-4-14-36-22)32-27(34)18-5-2-1-3-6-18/h1-16H,17H2,(H,31,35)(H,32,34)/b25-16-. The van der Waals surface area contributed by atoms with E-state index in [9.17, 15) is 14.4 Å². The van der Waals surface area contributed by atoms with E-state index in [1.165, 1.54) is 23.1 Å². The summed E-state index contributed by atoms with van der Waals surface area (Å²) in [6.45, 7) is 0. The van der Waals surface area contributed by atoms with Crippen LogP contribution in [0.1, 0.15) is 25.6 Å². The molecule has 0 unspecified atom stereocenters. The zero-order chi connectivity index (χ0) is 26.2. The lowest BCUT2D eigenvalue weighted by molar-refractivity contribution is -0.113. The van der Waals surface area contributed by atoms with E-state index in [0.29, 0.717) is 26.9 Å². The van der Waals surface area contributed by atoms with E-state index >= 15 is 0 Å². The Morgan fingerprint density at radius 2 is 1.59 bits per heavy atom. The van der Waals surface area contributed by atoms with Gasteiger partial charge in [-0.25, -0.2) is 0 Å². The summed E-state index contributed by atoms with van der Waals surface area (Å²) in [6.07, 6.45) is 1.64. The van der Waals surface area contributed by atoms with Gasteiger partial charge in [-0.1, -0.05) is 47.5 Å². The molecule has 2 N–H and O–H groups in total. The largest absolute Gasteiger partial charge is 0.321 e. The maximum Gasteiger partial charge on any atom is 0.272 e. The molecule has 0 fully saturated rings. The van der Waals surface area contributed by atoms with Crippen molar-refractivity contribution in [3.63, 3.8) is 0 Å². The van der Waals surface area contributed by atoms with Gasteiger partial charge in [0, 0.05) is 26.6 Å². The fraction of sp³-hybridized carbons (Fsp3) is 0.0357. The summed E-state index contributed by atoms with van der Waals surface area (Å²) in [5, 5.41) is 8.17. The van der Waals surface area contributed by atoms with Crippen LogP contribution in [0.4, 0.5) is 5.69 Å². The molecule has 4 aromatic rings. The Kier molecular flexibility index (Phi) is 9.19. The summed E-state index contributed by atoms with van der Waals surface area (Å²) in [7, 11) is 0. The second kappa shape index (κ2) is 12.7. The lowest BCUT2D eigenvalue weighted by Gasteiger charge is -2.11. The van der Waals surface area contributed by atoms with Crippen LogP contribution in [-0.4, -0.2) is 23.4 Å². The van der Waals surface area contributed by atoms with Crippen LogP contribution in [0.2, 0.25) is 10.0 Å². The first-order valence-electron chi connectivity index (χ1n) is 11.0. The van der Waals surface area contributed by atoms with E-state index < -0.39 is 5.91 Å². The molecule has 0 radical (unpaired) electrons. The van der Waals surface area contributed by atoms with E-state index in [-0.39, 0.29) is 23.1 Å². The number of carbonyl (C=O) groups is 3. The van der Waals surface area contributed by atoms with Gasteiger partial charge in [-0.15, -0.1) is 23.1 Å². The fourth-order valence-corrected chi connectivity index (χ4v) is 4.94. The van der Waals surface area contributed by atoms with Gasteiger partial charge in [0.05, 0.1) is 15.8 Å². The third-order valence-electron chi connectivity index (χ3n) is 5.08. The van der Waals surface area contributed by atoms with Gasteiger partial charge >= 0.3 is 0 Å². The molecule has 37 heavy (non-hydrogen) atoms. The molecule has 0 saturated carbocycles. The molecular weight excluding hydrogens is 547 g/mol. The number of benzene rings is 3. The molecule has 9 heteroatoms. The minimum Gasteiger partial charge on any atom is -0.321 e. The molecule has 4 rings (SSSR count). The molecule has 186 valence electrons. The Morgan fingerprint density at radius 1 is 0.838 bits per heavy atom. The number of carbonyl (C=O) groups excluding carboxylic acids is 3. The molecule has 0 aliphatic heterocycles. The fourth-order valence-electron chi connectivity index (χ4n) is 3.19. The second-order valence-electron chi connectivity index (χ2n) is 7.71.